The highest BCUT2D eigenvalue weighted by atomic mass is 16.2. The first kappa shape index (κ1) is 13.8. The van der Waals surface area contributed by atoms with Crippen LogP contribution in [-0.2, 0) is 4.79 Å². The number of hydrogen-bond acceptors (Lipinski definition) is 4. The Morgan fingerprint density at radius 2 is 2.05 bits per heavy atom. The average Bonchev–Trinajstić information content (AvgIpc) is 2.36. The van der Waals surface area contributed by atoms with Crippen molar-refractivity contribution in [3.05, 3.63) is 35.9 Å². The molecule has 6 nitrogen and oxygen atoms in total. The third-order valence-corrected chi connectivity index (χ3v) is 2.87. The number of aromatic nitrogens is 1. The van der Waals surface area contributed by atoms with Crippen molar-refractivity contribution in [1.29, 1.82) is 0 Å². The summed E-state index contributed by atoms with van der Waals surface area (Å²) in [5, 5.41) is 3.44. The Hall–Kier alpha value is -2.63. The van der Waals surface area contributed by atoms with E-state index in [-0.39, 0.29) is 24.2 Å². The van der Waals surface area contributed by atoms with Gasteiger partial charge in [0, 0.05) is 17.8 Å². The Morgan fingerprint density at radius 1 is 1.35 bits per heavy atom. The molecule has 0 spiro atoms. The minimum absolute atomic E-state index is 0.0875. The molecule has 104 valence electrons. The monoisotopic (exact) mass is 272 g/mol. The van der Waals surface area contributed by atoms with E-state index >= 15 is 0 Å². The normalized spacial score (nSPS) is 12.1. The molecule has 1 atom stereocenters. The number of fused-ring (bicyclic) bond motifs is 1. The van der Waals surface area contributed by atoms with E-state index in [0.717, 1.165) is 0 Å². The number of amides is 2. The molecule has 0 bridgehead atoms. The zero-order chi connectivity index (χ0) is 14.7. The number of nitrogens with two attached hydrogens (primary N) is 2. The number of nitrogen functional groups attached to an aromatic ring is 1. The largest absolute Gasteiger partial charge is 0.384 e. The molecule has 0 saturated heterocycles. The first-order valence-corrected chi connectivity index (χ1v) is 6.22. The molecule has 1 aromatic carbocycles. The number of rotatable bonds is 4. The lowest BCUT2D eigenvalue weighted by atomic mass is 10.1. The summed E-state index contributed by atoms with van der Waals surface area (Å²) in [7, 11) is 0. The van der Waals surface area contributed by atoms with E-state index in [9.17, 15) is 9.59 Å². The number of carbonyl (C=O) groups is 2. The van der Waals surface area contributed by atoms with Crippen LogP contribution < -0.4 is 16.8 Å². The fourth-order valence-corrected chi connectivity index (χ4v) is 2.04. The van der Waals surface area contributed by atoms with Crippen LogP contribution in [-0.4, -0.2) is 22.8 Å². The molecule has 2 amide bonds. The number of para-hydroxylation sites is 1. The minimum atomic E-state index is -0.461. The van der Waals surface area contributed by atoms with Gasteiger partial charge in [0.05, 0.1) is 11.1 Å². The lowest BCUT2D eigenvalue weighted by Gasteiger charge is -2.13. The molecule has 2 rings (SSSR count). The number of primary amides is 1. The number of nitrogens with one attached hydrogen (secondary N) is 1. The lowest BCUT2D eigenvalue weighted by molar-refractivity contribution is -0.118. The standard InChI is InChI=1S/C14H16N4O2/c1-8(6-13(16)19)17-14(20)10-7-12(15)18-11-5-3-2-4-9(10)11/h2-5,7-8H,6H2,1H3,(H2,15,18)(H2,16,19)(H,17,20). The Morgan fingerprint density at radius 3 is 2.75 bits per heavy atom. The van der Waals surface area contributed by atoms with Gasteiger partial charge in [0.15, 0.2) is 0 Å². The van der Waals surface area contributed by atoms with Crippen molar-refractivity contribution >= 4 is 28.5 Å². The van der Waals surface area contributed by atoms with Gasteiger partial charge in [-0.05, 0) is 19.1 Å². The van der Waals surface area contributed by atoms with Crippen LogP contribution in [0, 0.1) is 0 Å². The molecule has 5 N–H and O–H groups in total. The zero-order valence-electron chi connectivity index (χ0n) is 11.1. The second-order valence-electron chi connectivity index (χ2n) is 4.66. The molecule has 1 unspecified atom stereocenters. The second-order valence-corrected chi connectivity index (χ2v) is 4.66. The van der Waals surface area contributed by atoms with Gasteiger partial charge in [-0.25, -0.2) is 4.98 Å². The van der Waals surface area contributed by atoms with Crippen LogP contribution in [0.4, 0.5) is 5.82 Å². The van der Waals surface area contributed by atoms with Crippen molar-refractivity contribution in [3.8, 4) is 0 Å². The van der Waals surface area contributed by atoms with Crippen molar-refractivity contribution in [2.45, 2.75) is 19.4 Å². The van der Waals surface area contributed by atoms with Crippen LogP contribution in [0.3, 0.4) is 0 Å². The maximum atomic E-state index is 12.3. The van der Waals surface area contributed by atoms with Crippen LogP contribution in [0.25, 0.3) is 10.9 Å². The molecule has 0 aliphatic carbocycles. The van der Waals surface area contributed by atoms with Crippen molar-refractivity contribution in [3.63, 3.8) is 0 Å². The maximum absolute atomic E-state index is 12.3. The van der Waals surface area contributed by atoms with Crippen LogP contribution in [0.1, 0.15) is 23.7 Å². The number of nitrogens with zero attached hydrogens (tertiary/aromatic N) is 1. The third kappa shape index (κ3) is 3.03. The van der Waals surface area contributed by atoms with E-state index in [1.54, 1.807) is 19.1 Å². The third-order valence-electron chi connectivity index (χ3n) is 2.87. The molecule has 0 radical (unpaired) electrons. The molecule has 0 saturated carbocycles. The van der Waals surface area contributed by atoms with Gasteiger partial charge < -0.3 is 16.8 Å². The van der Waals surface area contributed by atoms with Crippen LogP contribution >= 0.6 is 0 Å². The van der Waals surface area contributed by atoms with E-state index in [1.807, 2.05) is 12.1 Å². The van der Waals surface area contributed by atoms with Crippen molar-refractivity contribution in [2.24, 2.45) is 5.73 Å². The van der Waals surface area contributed by atoms with Gasteiger partial charge in [-0.3, -0.25) is 9.59 Å². The van der Waals surface area contributed by atoms with Crippen molar-refractivity contribution < 1.29 is 9.59 Å². The van der Waals surface area contributed by atoms with Crippen LogP contribution in [0.5, 0.6) is 0 Å². The predicted molar refractivity (Wildman–Crippen MR) is 76.9 cm³/mol. The quantitative estimate of drug-likeness (QED) is 0.764. The van der Waals surface area contributed by atoms with Gasteiger partial charge in [-0.1, -0.05) is 18.2 Å². The molecule has 1 heterocycles. The fraction of sp³-hybridized carbons (Fsp3) is 0.214. The van der Waals surface area contributed by atoms with E-state index in [1.165, 1.54) is 6.07 Å². The topological polar surface area (TPSA) is 111 Å². The summed E-state index contributed by atoms with van der Waals surface area (Å²) in [6.45, 7) is 1.72. The molecule has 2 aromatic rings. The summed E-state index contributed by atoms with van der Waals surface area (Å²) in [6.07, 6.45) is 0.0875. The summed E-state index contributed by atoms with van der Waals surface area (Å²) >= 11 is 0. The number of hydrogen-bond donors (Lipinski definition) is 3. The highest BCUT2D eigenvalue weighted by Gasteiger charge is 2.15. The van der Waals surface area contributed by atoms with E-state index in [4.69, 9.17) is 11.5 Å². The van der Waals surface area contributed by atoms with Gasteiger partial charge in [0.1, 0.15) is 5.82 Å². The maximum Gasteiger partial charge on any atom is 0.252 e. The number of anilines is 1. The minimum Gasteiger partial charge on any atom is -0.384 e. The molecule has 0 fully saturated rings. The molecule has 20 heavy (non-hydrogen) atoms. The fourth-order valence-electron chi connectivity index (χ4n) is 2.04. The van der Waals surface area contributed by atoms with Crippen molar-refractivity contribution in [2.75, 3.05) is 5.73 Å². The number of benzene rings is 1. The summed E-state index contributed by atoms with van der Waals surface area (Å²) in [5.74, 6) is -0.489. The Kier molecular flexibility index (Phi) is 3.84. The molecule has 6 heteroatoms. The lowest BCUT2D eigenvalue weighted by Crippen LogP contribution is -2.35. The summed E-state index contributed by atoms with van der Waals surface area (Å²) < 4.78 is 0. The van der Waals surface area contributed by atoms with Gasteiger partial charge in [-0.2, -0.15) is 0 Å². The number of carbonyl (C=O) groups excluding carboxylic acids is 2. The molecular formula is C14H16N4O2. The SMILES string of the molecule is CC(CC(N)=O)NC(=O)c1cc(N)nc2ccccc12. The first-order chi connectivity index (χ1) is 9.47. The smallest absolute Gasteiger partial charge is 0.252 e. The van der Waals surface area contributed by atoms with Gasteiger partial charge in [-0.15, -0.1) is 0 Å². The van der Waals surface area contributed by atoms with Crippen LogP contribution in [0.15, 0.2) is 30.3 Å². The predicted octanol–water partition coefficient (Wildman–Crippen LogP) is 0.811. The van der Waals surface area contributed by atoms with Gasteiger partial charge >= 0.3 is 0 Å². The first-order valence-electron chi connectivity index (χ1n) is 6.22. The Balaban J connectivity index is 2.32. The molecule has 0 aliphatic rings. The number of pyridine rings is 1. The molecular weight excluding hydrogens is 256 g/mol. The Labute approximate surface area is 116 Å². The van der Waals surface area contributed by atoms with E-state index in [0.29, 0.717) is 16.5 Å². The van der Waals surface area contributed by atoms with Crippen LogP contribution in [0.2, 0.25) is 0 Å². The highest BCUT2D eigenvalue weighted by Crippen LogP contribution is 2.19. The molecule has 0 aliphatic heterocycles. The van der Waals surface area contributed by atoms with E-state index < -0.39 is 5.91 Å². The Bertz CT molecular complexity index is 669. The second kappa shape index (κ2) is 5.56. The highest BCUT2D eigenvalue weighted by molar-refractivity contribution is 6.07. The van der Waals surface area contributed by atoms with Gasteiger partial charge in [0.2, 0.25) is 5.91 Å². The van der Waals surface area contributed by atoms with Gasteiger partial charge in [0.25, 0.3) is 5.91 Å². The summed E-state index contributed by atoms with van der Waals surface area (Å²) in [4.78, 5) is 27.3. The molecule has 1 aromatic heterocycles. The van der Waals surface area contributed by atoms with E-state index in [2.05, 4.69) is 10.3 Å². The zero-order valence-corrected chi connectivity index (χ0v) is 11.1. The average molecular weight is 272 g/mol. The summed E-state index contributed by atoms with van der Waals surface area (Å²) in [6, 6.07) is 8.42. The summed E-state index contributed by atoms with van der Waals surface area (Å²) in [5.41, 5.74) is 11.9. The van der Waals surface area contributed by atoms with Crippen molar-refractivity contribution in [1.82, 2.24) is 10.3 Å².